The number of benzene rings is 2. The Morgan fingerprint density at radius 1 is 1.15 bits per heavy atom. The Hall–Kier alpha value is -2.93. The first-order chi connectivity index (χ1) is 13.2. The van der Waals surface area contributed by atoms with Crippen LogP contribution in [0.15, 0.2) is 47.3 Å². The second-order valence-corrected chi connectivity index (χ2v) is 6.63. The fourth-order valence-electron chi connectivity index (χ4n) is 3.74. The largest absolute Gasteiger partial charge is 0.497 e. The lowest BCUT2D eigenvalue weighted by Gasteiger charge is -2.26. The first kappa shape index (κ1) is 17.5. The van der Waals surface area contributed by atoms with E-state index >= 15 is 0 Å². The van der Waals surface area contributed by atoms with Gasteiger partial charge in [0.25, 0.3) is 5.56 Å². The number of nitrogens with zero attached hydrogens (tertiary/aromatic N) is 4. The lowest BCUT2D eigenvalue weighted by molar-refractivity contribution is 0.181. The number of ether oxygens (including phenoxy) is 2. The standard InChI is InChI=1S/C20H22N4O3/c1-26-14-9-10-19(27-2)16(12-14)18-8-5-11-23(18)13-24-20(25)15-6-3-4-7-17(15)21-22-24/h3-4,6-7,9-10,12,18H,5,8,11,13H2,1-2H3/t18-/m0/s1. The number of methoxy groups -OCH3 is 2. The van der Waals surface area contributed by atoms with E-state index in [0.717, 1.165) is 36.4 Å². The van der Waals surface area contributed by atoms with Gasteiger partial charge in [-0.3, -0.25) is 9.69 Å². The number of hydrogen-bond acceptors (Lipinski definition) is 6. The molecular weight excluding hydrogens is 344 g/mol. The molecule has 1 fully saturated rings. The summed E-state index contributed by atoms with van der Waals surface area (Å²) in [6.07, 6.45) is 2.03. The van der Waals surface area contributed by atoms with E-state index in [4.69, 9.17) is 9.47 Å². The molecule has 3 aromatic rings. The van der Waals surface area contributed by atoms with Crippen molar-refractivity contribution in [1.29, 1.82) is 0 Å². The van der Waals surface area contributed by atoms with Gasteiger partial charge in [0.05, 0.1) is 26.3 Å². The number of likely N-dealkylation sites (tertiary alicyclic amines) is 1. The molecule has 0 saturated carbocycles. The molecule has 0 spiro atoms. The average Bonchev–Trinajstić information content (AvgIpc) is 3.17. The summed E-state index contributed by atoms with van der Waals surface area (Å²) >= 11 is 0. The summed E-state index contributed by atoms with van der Waals surface area (Å²) in [4.78, 5) is 15.0. The molecule has 27 heavy (non-hydrogen) atoms. The zero-order valence-electron chi connectivity index (χ0n) is 15.5. The van der Waals surface area contributed by atoms with E-state index in [2.05, 4.69) is 15.2 Å². The summed E-state index contributed by atoms with van der Waals surface area (Å²) in [5.74, 6) is 1.62. The van der Waals surface area contributed by atoms with Crippen molar-refractivity contribution in [2.24, 2.45) is 0 Å². The highest BCUT2D eigenvalue weighted by Gasteiger charge is 2.29. The van der Waals surface area contributed by atoms with Gasteiger partial charge in [0, 0.05) is 18.2 Å². The van der Waals surface area contributed by atoms with Crippen LogP contribution in [0.2, 0.25) is 0 Å². The number of rotatable bonds is 5. The Morgan fingerprint density at radius 3 is 2.81 bits per heavy atom. The third-order valence-electron chi connectivity index (χ3n) is 5.10. The summed E-state index contributed by atoms with van der Waals surface area (Å²) in [5.41, 5.74) is 1.56. The molecule has 4 rings (SSSR count). The Kier molecular flexibility index (Phi) is 4.77. The quantitative estimate of drug-likeness (QED) is 0.691. The van der Waals surface area contributed by atoms with E-state index in [-0.39, 0.29) is 11.6 Å². The van der Waals surface area contributed by atoms with Gasteiger partial charge in [-0.1, -0.05) is 17.3 Å². The van der Waals surface area contributed by atoms with Crippen LogP contribution in [0, 0.1) is 0 Å². The van der Waals surface area contributed by atoms with Crippen molar-refractivity contribution in [3.63, 3.8) is 0 Å². The van der Waals surface area contributed by atoms with Gasteiger partial charge in [-0.25, -0.2) is 0 Å². The van der Waals surface area contributed by atoms with Crippen molar-refractivity contribution in [2.75, 3.05) is 20.8 Å². The number of fused-ring (bicyclic) bond motifs is 1. The number of hydrogen-bond donors (Lipinski definition) is 0. The molecule has 1 saturated heterocycles. The lowest BCUT2D eigenvalue weighted by atomic mass is 10.0. The smallest absolute Gasteiger partial charge is 0.278 e. The molecule has 1 atom stereocenters. The zero-order chi connectivity index (χ0) is 18.8. The van der Waals surface area contributed by atoms with Gasteiger partial charge in [0.15, 0.2) is 0 Å². The molecule has 7 heteroatoms. The van der Waals surface area contributed by atoms with Gasteiger partial charge in [-0.2, -0.15) is 4.68 Å². The third kappa shape index (κ3) is 3.26. The first-order valence-electron chi connectivity index (χ1n) is 9.00. The van der Waals surface area contributed by atoms with Crippen LogP contribution in [-0.4, -0.2) is 40.7 Å². The van der Waals surface area contributed by atoms with Gasteiger partial charge >= 0.3 is 0 Å². The Labute approximate surface area is 157 Å². The lowest BCUT2D eigenvalue weighted by Crippen LogP contribution is -2.34. The van der Waals surface area contributed by atoms with Gasteiger partial charge in [-0.05, 0) is 43.2 Å². The second-order valence-electron chi connectivity index (χ2n) is 6.63. The summed E-state index contributed by atoms with van der Waals surface area (Å²) in [6, 6.07) is 13.2. The highest BCUT2D eigenvalue weighted by atomic mass is 16.5. The number of aromatic nitrogens is 3. The monoisotopic (exact) mass is 366 g/mol. The zero-order valence-corrected chi connectivity index (χ0v) is 15.5. The molecule has 1 aromatic heterocycles. The average molecular weight is 366 g/mol. The van der Waals surface area contributed by atoms with E-state index in [9.17, 15) is 4.79 Å². The molecule has 7 nitrogen and oxygen atoms in total. The molecule has 0 N–H and O–H groups in total. The van der Waals surface area contributed by atoms with Crippen LogP contribution in [0.3, 0.4) is 0 Å². The normalized spacial score (nSPS) is 17.3. The van der Waals surface area contributed by atoms with Gasteiger partial charge in [0.2, 0.25) is 0 Å². The highest BCUT2D eigenvalue weighted by Crippen LogP contribution is 2.38. The third-order valence-corrected chi connectivity index (χ3v) is 5.10. The molecular formula is C20H22N4O3. The molecule has 1 aliphatic rings. The summed E-state index contributed by atoms with van der Waals surface area (Å²) in [5, 5.41) is 8.90. The van der Waals surface area contributed by atoms with E-state index < -0.39 is 0 Å². The maximum absolute atomic E-state index is 12.8. The van der Waals surface area contributed by atoms with E-state index in [1.165, 1.54) is 4.68 Å². The molecule has 2 aromatic carbocycles. The summed E-state index contributed by atoms with van der Waals surface area (Å²) < 4.78 is 12.4. The van der Waals surface area contributed by atoms with Gasteiger partial charge < -0.3 is 9.47 Å². The van der Waals surface area contributed by atoms with Crippen LogP contribution < -0.4 is 15.0 Å². The van der Waals surface area contributed by atoms with Crippen molar-refractivity contribution in [2.45, 2.75) is 25.6 Å². The topological polar surface area (TPSA) is 69.5 Å². The second kappa shape index (κ2) is 7.36. The minimum absolute atomic E-state index is 0.121. The Balaban J connectivity index is 1.67. The predicted molar refractivity (Wildman–Crippen MR) is 102 cm³/mol. The minimum Gasteiger partial charge on any atom is -0.497 e. The molecule has 0 aliphatic carbocycles. The SMILES string of the molecule is COc1ccc(OC)c([C@@H]2CCCN2Cn2nnc3ccccc3c2=O)c1. The molecule has 0 radical (unpaired) electrons. The molecule has 1 aliphatic heterocycles. The fraction of sp³-hybridized carbons (Fsp3) is 0.350. The molecule has 0 bridgehead atoms. The van der Waals surface area contributed by atoms with Crippen molar-refractivity contribution in [1.82, 2.24) is 19.9 Å². The van der Waals surface area contributed by atoms with Crippen molar-refractivity contribution in [3.05, 3.63) is 58.4 Å². The summed E-state index contributed by atoms with van der Waals surface area (Å²) in [7, 11) is 3.33. The molecule has 0 amide bonds. The van der Waals surface area contributed by atoms with Crippen LogP contribution in [0.25, 0.3) is 10.9 Å². The minimum atomic E-state index is -0.121. The maximum Gasteiger partial charge on any atom is 0.278 e. The van der Waals surface area contributed by atoms with Crippen LogP contribution in [0.4, 0.5) is 0 Å². The van der Waals surface area contributed by atoms with E-state index in [0.29, 0.717) is 17.6 Å². The van der Waals surface area contributed by atoms with Crippen LogP contribution in [0.1, 0.15) is 24.4 Å². The molecule has 140 valence electrons. The molecule has 2 heterocycles. The maximum atomic E-state index is 12.8. The highest BCUT2D eigenvalue weighted by molar-refractivity contribution is 5.76. The summed E-state index contributed by atoms with van der Waals surface area (Å²) in [6.45, 7) is 1.27. The van der Waals surface area contributed by atoms with Crippen molar-refractivity contribution >= 4 is 10.9 Å². The van der Waals surface area contributed by atoms with Gasteiger partial charge in [0.1, 0.15) is 17.0 Å². The molecule has 0 unspecified atom stereocenters. The van der Waals surface area contributed by atoms with Crippen molar-refractivity contribution in [3.8, 4) is 11.5 Å². The van der Waals surface area contributed by atoms with Crippen LogP contribution in [-0.2, 0) is 6.67 Å². The van der Waals surface area contributed by atoms with E-state index in [1.807, 2.05) is 30.3 Å². The Morgan fingerprint density at radius 2 is 2.00 bits per heavy atom. The first-order valence-corrected chi connectivity index (χ1v) is 9.00. The van der Waals surface area contributed by atoms with Crippen LogP contribution in [0.5, 0.6) is 11.5 Å². The fourth-order valence-corrected chi connectivity index (χ4v) is 3.74. The van der Waals surface area contributed by atoms with Gasteiger partial charge in [-0.15, -0.1) is 5.10 Å². The van der Waals surface area contributed by atoms with E-state index in [1.54, 1.807) is 26.4 Å². The predicted octanol–water partition coefficient (Wildman–Crippen LogP) is 2.60. The van der Waals surface area contributed by atoms with Crippen molar-refractivity contribution < 1.29 is 9.47 Å². The Bertz CT molecular complexity index is 1020. The van der Waals surface area contributed by atoms with Crippen LogP contribution >= 0.6 is 0 Å².